The molecule has 0 bridgehead atoms. The van der Waals surface area contributed by atoms with E-state index in [9.17, 15) is 13.2 Å². The molecule has 0 aliphatic carbocycles. The van der Waals surface area contributed by atoms with Crippen LogP contribution in [-0.2, 0) is 10.0 Å². The van der Waals surface area contributed by atoms with Gasteiger partial charge in [-0.05, 0) is 18.6 Å². The molecule has 1 aromatic rings. The summed E-state index contributed by atoms with van der Waals surface area (Å²) in [5, 5.41) is 2.73. The Morgan fingerprint density at radius 3 is 2.40 bits per heavy atom. The largest absolute Gasteiger partial charge is 0.351 e. The van der Waals surface area contributed by atoms with Crippen LogP contribution in [0.5, 0.6) is 0 Å². The zero-order valence-corrected chi connectivity index (χ0v) is 12.8. The van der Waals surface area contributed by atoms with Gasteiger partial charge in [-0.25, -0.2) is 12.7 Å². The zero-order valence-electron chi connectivity index (χ0n) is 12.0. The van der Waals surface area contributed by atoms with Crippen molar-refractivity contribution in [3.05, 3.63) is 35.9 Å². The number of nitrogens with one attached hydrogen (secondary N) is 1. The zero-order chi connectivity index (χ0) is 15.0. The summed E-state index contributed by atoms with van der Waals surface area (Å²) in [6.07, 6.45) is 2.95. The number of hydrogen-bond acceptors (Lipinski definition) is 3. The highest BCUT2D eigenvalue weighted by Crippen LogP contribution is 2.01. The number of benzene rings is 1. The Hall–Kier alpha value is -1.40. The van der Waals surface area contributed by atoms with Gasteiger partial charge >= 0.3 is 0 Å². The Morgan fingerprint density at radius 2 is 1.85 bits per heavy atom. The number of sulfonamides is 1. The van der Waals surface area contributed by atoms with Gasteiger partial charge in [-0.3, -0.25) is 4.79 Å². The average molecular weight is 298 g/mol. The Morgan fingerprint density at radius 1 is 1.20 bits per heavy atom. The van der Waals surface area contributed by atoms with Crippen molar-refractivity contribution in [1.29, 1.82) is 0 Å². The first kappa shape index (κ1) is 16.7. The molecule has 0 atom stereocenters. The second kappa shape index (κ2) is 8.01. The van der Waals surface area contributed by atoms with Gasteiger partial charge in [0.15, 0.2) is 0 Å². The van der Waals surface area contributed by atoms with E-state index in [1.807, 2.05) is 13.0 Å². The maximum absolute atomic E-state index is 11.8. The molecule has 0 unspecified atom stereocenters. The van der Waals surface area contributed by atoms with E-state index in [2.05, 4.69) is 5.32 Å². The second-order valence-corrected chi connectivity index (χ2v) is 6.62. The van der Waals surface area contributed by atoms with Gasteiger partial charge in [0.1, 0.15) is 0 Å². The highest BCUT2D eigenvalue weighted by molar-refractivity contribution is 7.88. The molecule has 112 valence electrons. The number of hydrogen-bond donors (Lipinski definition) is 1. The summed E-state index contributed by atoms with van der Waals surface area (Å²) in [7, 11) is -3.22. The third-order valence-corrected chi connectivity index (χ3v) is 4.22. The molecular weight excluding hydrogens is 276 g/mol. The summed E-state index contributed by atoms with van der Waals surface area (Å²) >= 11 is 0. The van der Waals surface area contributed by atoms with Gasteiger partial charge in [0.2, 0.25) is 10.0 Å². The van der Waals surface area contributed by atoms with Crippen molar-refractivity contribution in [2.75, 3.05) is 25.9 Å². The van der Waals surface area contributed by atoms with Gasteiger partial charge in [-0.2, -0.15) is 0 Å². The van der Waals surface area contributed by atoms with E-state index in [0.29, 0.717) is 25.2 Å². The van der Waals surface area contributed by atoms with Crippen molar-refractivity contribution in [1.82, 2.24) is 9.62 Å². The smallest absolute Gasteiger partial charge is 0.251 e. The normalized spacial score (nSPS) is 11.6. The molecule has 1 amide bonds. The van der Waals surface area contributed by atoms with Gasteiger partial charge < -0.3 is 5.32 Å². The topological polar surface area (TPSA) is 66.5 Å². The van der Waals surface area contributed by atoms with E-state index < -0.39 is 10.0 Å². The van der Waals surface area contributed by atoms with Crippen molar-refractivity contribution in [2.45, 2.75) is 19.8 Å². The molecule has 6 heteroatoms. The predicted molar refractivity (Wildman–Crippen MR) is 80.1 cm³/mol. The lowest BCUT2D eigenvalue weighted by Crippen LogP contribution is -2.38. The van der Waals surface area contributed by atoms with Gasteiger partial charge in [0.25, 0.3) is 5.91 Å². The van der Waals surface area contributed by atoms with Crippen molar-refractivity contribution in [3.8, 4) is 0 Å². The highest BCUT2D eigenvalue weighted by Gasteiger charge is 2.15. The number of carbonyl (C=O) groups excluding carboxylic acids is 1. The molecule has 0 aliphatic heterocycles. The molecule has 0 radical (unpaired) electrons. The molecule has 1 N–H and O–H groups in total. The minimum atomic E-state index is -3.22. The molecular formula is C14H22N2O3S. The van der Waals surface area contributed by atoms with Gasteiger partial charge in [-0.1, -0.05) is 31.5 Å². The van der Waals surface area contributed by atoms with Crippen LogP contribution in [0.4, 0.5) is 0 Å². The number of nitrogens with zero attached hydrogens (tertiary/aromatic N) is 1. The minimum absolute atomic E-state index is 0.186. The SMILES string of the molecule is CCCCN(CCNC(=O)c1ccccc1)S(C)(=O)=O. The van der Waals surface area contributed by atoms with Crippen molar-refractivity contribution in [3.63, 3.8) is 0 Å². The Labute approximate surface area is 121 Å². The first-order valence-electron chi connectivity index (χ1n) is 6.73. The van der Waals surface area contributed by atoms with Crippen LogP contribution in [-0.4, -0.2) is 44.5 Å². The quantitative estimate of drug-likeness (QED) is 0.790. The molecule has 0 aromatic heterocycles. The molecule has 0 spiro atoms. The van der Waals surface area contributed by atoms with E-state index in [-0.39, 0.29) is 5.91 Å². The minimum Gasteiger partial charge on any atom is -0.351 e. The van der Waals surface area contributed by atoms with Gasteiger partial charge in [0, 0.05) is 25.2 Å². The van der Waals surface area contributed by atoms with Crippen LogP contribution in [0.2, 0.25) is 0 Å². The van der Waals surface area contributed by atoms with E-state index in [4.69, 9.17) is 0 Å². The third-order valence-electron chi connectivity index (χ3n) is 2.91. The Kier molecular flexibility index (Phi) is 6.67. The molecule has 20 heavy (non-hydrogen) atoms. The molecule has 0 aliphatic rings. The lowest BCUT2D eigenvalue weighted by atomic mass is 10.2. The molecule has 1 aromatic carbocycles. The maximum Gasteiger partial charge on any atom is 0.251 e. The summed E-state index contributed by atoms with van der Waals surface area (Å²) in [4.78, 5) is 11.8. The number of unbranched alkanes of at least 4 members (excludes halogenated alkanes) is 1. The Balaban J connectivity index is 2.46. The standard InChI is InChI=1S/C14H22N2O3S/c1-3-4-11-16(20(2,18)19)12-10-15-14(17)13-8-6-5-7-9-13/h5-9H,3-4,10-12H2,1-2H3,(H,15,17). The van der Waals surface area contributed by atoms with Gasteiger partial charge in [0.05, 0.1) is 6.26 Å². The van der Waals surface area contributed by atoms with Gasteiger partial charge in [-0.15, -0.1) is 0 Å². The summed E-state index contributed by atoms with van der Waals surface area (Å²) in [6, 6.07) is 8.87. The van der Waals surface area contributed by atoms with Crippen LogP contribution in [0.15, 0.2) is 30.3 Å². The number of amides is 1. The summed E-state index contributed by atoms with van der Waals surface area (Å²) in [5.74, 6) is -0.186. The highest BCUT2D eigenvalue weighted by atomic mass is 32.2. The third kappa shape index (κ3) is 5.71. The van der Waals surface area contributed by atoms with E-state index in [1.165, 1.54) is 10.6 Å². The van der Waals surface area contributed by atoms with Crippen LogP contribution in [0.1, 0.15) is 30.1 Å². The summed E-state index contributed by atoms with van der Waals surface area (Å²) in [6.45, 7) is 3.12. The van der Waals surface area contributed by atoms with Crippen LogP contribution < -0.4 is 5.32 Å². The summed E-state index contributed by atoms with van der Waals surface area (Å²) in [5.41, 5.74) is 0.576. The van der Waals surface area contributed by atoms with Crippen molar-refractivity contribution >= 4 is 15.9 Å². The summed E-state index contributed by atoms with van der Waals surface area (Å²) < 4.78 is 24.6. The first-order valence-corrected chi connectivity index (χ1v) is 8.58. The average Bonchev–Trinajstić information content (AvgIpc) is 2.42. The predicted octanol–water partition coefficient (Wildman–Crippen LogP) is 1.48. The molecule has 5 nitrogen and oxygen atoms in total. The van der Waals surface area contributed by atoms with Crippen LogP contribution >= 0.6 is 0 Å². The van der Waals surface area contributed by atoms with E-state index in [0.717, 1.165) is 12.8 Å². The fourth-order valence-electron chi connectivity index (χ4n) is 1.76. The van der Waals surface area contributed by atoms with Crippen LogP contribution in [0.3, 0.4) is 0 Å². The monoisotopic (exact) mass is 298 g/mol. The molecule has 0 saturated carbocycles. The Bertz CT molecular complexity index is 514. The fraction of sp³-hybridized carbons (Fsp3) is 0.500. The molecule has 0 heterocycles. The lowest BCUT2D eigenvalue weighted by molar-refractivity contribution is 0.0951. The second-order valence-electron chi connectivity index (χ2n) is 4.64. The lowest BCUT2D eigenvalue weighted by Gasteiger charge is -2.19. The molecule has 0 saturated heterocycles. The molecule has 1 rings (SSSR count). The van der Waals surface area contributed by atoms with E-state index >= 15 is 0 Å². The van der Waals surface area contributed by atoms with Crippen molar-refractivity contribution < 1.29 is 13.2 Å². The number of rotatable bonds is 8. The fourth-order valence-corrected chi connectivity index (χ4v) is 2.65. The number of carbonyl (C=O) groups is 1. The van der Waals surface area contributed by atoms with Crippen molar-refractivity contribution in [2.24, 2.45) is 0 Å². The molecule has 0 fully saturated rings. The first-order chi connectivity index (χ1) is 9.45. The maximum atomic E-state index is 11.8. The van der Waals surface area contributed by atoms with E-state index in [1.54, 1.807) is 24.3 Å². The van der Waals surface area contributed by atoms with Crippen LogP contribution in [0, 0.1) is 0 Å². The van der Waals surface area contributed by atoms with Crippen LogP contribution in [0.25, 0.3) is 0 Å².